The van der Waals surface area contributed by atoms with Gasteiger partial charge in [-0.1, -0.05) is 35.5 Å². The van der Waals surface area contributed by atoms with Gasteiger partial charge in [-0.05, 0) is 24.6 Å². The van der Waals surface area contributed by atoms with Crippen LogP contribution in [0.2, 0.25) is 0 Å². The van der Waals surface area contributed by atoms with Crippen LogP contribution in [-0.2, 0) is 6.54 Å². The molecule has 0 aliphatic carbocycles. The van der Waals surface area contributed by atoms with Crippen molar-refractivity contribution in [3.8, 4) is 0 Å². The third-order valence-corrected chi connectivity index (χ3v) is 3.38. The number of nitrogens with zero attached hydrogens (tertiary/aromatic N) is 4. The summed E-state index contributed by atoms with van der Waals surface area (Å²) in [5.41, 5.74) is 1.34. The summed E-state index contributed by atoms with van der Waals surface area (Å²) < 4.78 is 4.97. The number of aryl methyl sites for hydroxylation is 1. The van der Waals surface area contributed by atoms with E-state index in [-0.39, 0.29) is 11.6 Å². The van der Waals surface area contributed by atoms with Gasteiger partial charge in [0, 0.05) is 19.7 Å². The molecule has 0 unspecified atom stereocenters. The van der Waals surface area contributed by atoms with Crippen LogP contribution in [0.3, 0.4) is 0 Å². The van der Waals surface area contributed by atoms with Gasteiger partial charge >= 0.3 is 0 Å². The maximum absolute atomic E-state index is 12.4. The standard InChI is InChI=1S/C17H17N5O2/c1-12-10-16(21-24-12)18-15-9-8-14(19-20-15)17(23)22(2)11-13-6-4-3-5-7-13/h3-10H,11H2,1-2H3,(H,18,20,21). The number of carbonyl (C=O) groups excluding carboxylic acids is 1. The lowest BCUT2D eigenvalue weighted by molar-refractivity contribution is 0.0778. The van der Waals surface area contributed by atoms with Crippen molar-refractivity contribution in [1.29, 1.82) is 0 Å². The first-order valence-electron chi connectivity index (χ1n) is 7.45. The zero-order valence-corrected chi connectivity index (χ0v) is 13.4. The molecule has 3 aromatic rings. The van der Waals surface area contributed by atoms with E-state index in [0.717, 1.165) is 5.56 Å². The minimum Gasteiger partial charge on any atom is -0.360 e. The Labute approximate surface area is 139 Å². The molecule has 0 aliphatic heterocycles. The predicted molar refractivity (Wildman–Crippen MR) is 88.8 cm³/mol. The molecule has 0 aliphatic rings. The molecule has 122 valence electrons. The van der Waals surface area contributed by atoms with Gasteiger partial charge in [0.15, 0.2) is 17.3 Å². The van der Waals surface area contributed by atoms with Crippen LogP contribution in [0.15, 0.2) is 53.1 Å². The normalized spacial score (nSPS) is 10.4. The van der Waals surface area contributed by atoms with Gasteiger partial charge in [-0.2, -0.15) is 0 Å². The number of benzene rings is 1. The molecule has 0 spiro atoms. The highest BCUT2D eigenvalue weighted by molar-refractivity contribution is 5.92. The monoisotopic (exact) mass is 323 g/mol. The molecule has 24 heavy (non-hydrogen) atoms. The molecule has 1 N–H and O–H groups in total. The molecule has 2 aromatic heterocycles. The predicted octanol–water partition coefficient (Wildman–Crippen LogP) is 2.79. The minimum absolute atomic E-state index is 0.185. The molecule has 0 radical (unpaired) electrons. The molecule has 2 heterocycles. The van der Waals surface area contributed by atoms with Crippen LogP contribution < -0.4 is 5.32 Å². The smallest absolute Gasteiger partial charge is 0.274 e. The van der Waals surface area contributed by atoms with E-state index in [4.69, 9.17) is 4.52 Å². The summed E-state index contributed by atoms with van der Waals surface area (Å²) in [6.07, 6.45) is 0. The molecule has 7 nitrogen and oxygen atoms in total. The Morgan fingerprint density at radius 2 is 1.92 bits per heavy atom. The van der Waals surface area contributed by atoms with Gasteiger partial charge in [-0.3, -0.25) is 4.79 Å². The van der Waals surface area contributed by atoms with Crippen LogP contribution in [0.1, 0.15) is 21.8 Å². The molecule has 1 aromatic carbocycles. The maximum atomic E-state index is 12.4. The first-order chi connectivity index (χ1) is 11.6. The van der Waals surface area contributed by atoms with Crippen molar-refractivity contribution in [2.24, 2.45) is 0 Å². The Bertz CT molecular complexity index is 815. The molecule has 0 fully saturated rings. The second-order valence-corrected chi connectivity index (χ2v) is 5.40. The Kier molecular flexibility index (Phi) is 4.51. The van der Waals surface area contributed by atoms with Crippen LogP contribution in [0.25, 0.3) is 0 Å². The van der Waals surface area contributed by atoms with Crippen LogP contribution in [0, 0.1) is 6.92 Å². The van der Waals surface area contributed by atoms with E-state index in [1.165, 1.54) is 0 Å². The fourth-order valence-electron chi connectivity index (χ4n) is 2.19. The number of rotatable bonds is 5. The summed E-state index contributed by atoms with van der Waals surface area (Å²) in [6, 6.07) is 14.8. The zero-order valence-electron chi connectivity index (χ0n) is 13.4. The zero-order chi connectivity index (χ0) is 16.9. The average Bonchev–Trinajstić information content (AvgIpc) is 3.00. The lowest BCUT2D eigenvalue weighted by Gasteiger charge is -2.16. The largest absolute Gasteiger partial charge is 0.360 e. The molecule has 0 saturated heterocycles. The van der Waals surface area contributed by atoms with E-state index in [2.05, 4.69) is 20.7 Å². The number of hydrogen-bond acceptors (Lipinski definition) is 6. The van der Waals surface area contributed by atoms with Crippen LogP contribution in [0.4, 0.5) is 11.6 Å². The molecule has 1 amide bonds. The summed E-state index contributed by atoms with van der Waals surface area (Å²) in [5, 5.41) is 14.8. The van der Waals surface area contributed by atoms with E-state index >= 15 is 0 Å². The molecular formula is C17H17N5O2. The van der Waals surface area contributed by atoms with Gasteiger partial charge in [-0.25, -0.2) is 0 Å². The highest BCUT2D eigenvalue weighted by Crippen LogP contribution is 2.14. The summed E-state index contributed by atoms with van der Waals surface area (Å²) in [7, 11) is 1.74. The van der Waals surface area contributed by atoms with E-state index in [1.54, 1.807) is 37.1 Å². The molecule has 0 bridgehead atoms. The Morgan fingerprint density at radius 3 is 2.54 bits per heavy atom. The number of amides is 1. The Morgan fingerprint density at radius 1 is 1.12 bits per heavy atom. The number of carbonyl (C=O) groups is 1. The topological polar surface area (TPSA) is 84.2 Å². The van der Waals surface area contributed by atoms with Crippen molar-refractivity contribution in [3.05, 3.63) is 65.5 Å². The second-order valence-electron chi connectivity index (χ2n) is 5.40. The summed E-state index contributed by atoms with van der Waals surface area (Å²) >= 11 is 0. The fraction of sp³-hybridized carbons (Fsp3) is 0.176. The summed E-state index contributed by atoms with van der Waals surface area (Å²) in [5.74, 6) is 1.54. The van der Waals surface area contributed by atoms with Crippen molar-refractivity contribution in [3.63, 3.8) is 0 Å². The van der Waals surface area contributed by atoms with Crippen LogP contribution in [-0.4, -0.2) is 33.2 Å². The first kappa shape index (κ1) is 15.7. The Balaban J connectivity index is 1.65. The molecule has 0 atom stereocenters. The quantitative estimate of drug-likeness (QED) is 0.777. The van der Waals surface area contributed by atoms with Gasteiger partial charge in [0.05, 0.1) is 0 Å². The van der Waals surface area contributed by atoms with E-state index < -0.39 is 0 Å². The van der Waals surface area contributed by atoms with Gasteiger partial charge in [0.1, 0.15) is 5.76 Å². The van der Waals surface area contributed by atoms with Crippen molar-refractivity contribution in [1.82, 2.24) is 20.3 Å². The SMILES string of the molecule is Cc1cc(Nc2ccc(C(=O)N(C)Cc3ccccc3)nn2)no1. The number of hydrogen-bond donors (Lipinski definition) is 1. The van der Waals surface area contributed by atoms with Gasteiger partial charge in [0.2, 0.25) is 0 Å². The maximum Gasteiger partial charge on any atom is 0.274 e. The van der Waals surface area contributed by atoms with Crippen molar-refractivity contribution < 1.29 is 9.32 Å². The molecule has 3 rings (SSSR count). The average molecular weight is 323 g/mol. The molecule has 7 heteroatoms. The minimum atomic E-state index is -0.185. The second kappa shape index (κ2) is 6.91. The lowest BCUT2D eigenvalue weighted by atomic mass is 10.2. The lowest BCUT2D eigenvalue weighted by Crippen LogP contribution is -2.27. The van der Waals surface area contributed by atoms with E-state index in [9.17, 15) is 4.79 Å². The molecule has 0 saturated carbocycles. The molecular weight excluding hydrogens is 306 g/mol. The van der Waals surface area contributed by atoms with E-state index in [0.29, 0.717) is 23.9 Å². The van der Waals surface area contributed by atoms with Crippen LogP contribution in [0.5, 0.6) is 0 Å². The highest BCUT2D eigenvalue weighted by Gasteiger charge is 2.14. The van der Waals surface area contributed by atoms with E-state index in [1.807, 2.05) is 30.3 Å². The Hall–Kier alpha value is -3.22. The fourth-order valence-corrected chi connectivity index (χ4v) is 2.19. The number of nitrogens with one attached hydrogen (secondary N) is 1. The summed E-state index contributed by atoms with van der Waals surface area (Å²) in [6.45, 7) is 2.31. The third-order valence-electron chi connectivity index (χ3n) is 3.38. The van der Waals surface area contributed by atoms with Crippen molar-refractivity contribution in [2.75, 3.05) is 12.4 Å². The summed E-state index contributed by atoms with van der Waals surface area (Å²) in [4.78, 5) is 14.0. The van der Waals surface area contributed by atoms with Crippen molar-refractivity contribution >= 4 is 17.5 Å². The first-order valence-corrected chi connectivity index (χ1v) is 7.45. The number of anilines is 2. The van der Waals surface area contributed by atoms with Gasteiger partial charge in [-0.15, -0.1) is 10.2 Å². The van der Waals surface area contributed by atoms with Crippen LogP contribution >= 0.6 is 0 Å². The highest BCUT2D eigenvalue weighted by atomic mass is 16.5. The van der Waals surface area contributed by atoms with Crippen molar-refractivity contribution in [2.45, 2.75) is 13.5 Å². The number of aromatic nitrogens is 3. The van der Waals surface area contributed by atoms with Gasteiger partial charge < -0.3 is 14.7 Å². The third kappa shape index (κ3) is 3.75. The van der Waals surface area contributed by atoms with Gasteiger partial charge in [0.25, 0.3) is 5.91 Å².